The van der Waals surface area contributed by atoms with Crippen molar-refractivity contribution in [3.05, 3.63) is 72.1 Å². The van der Waals surface area contributed by atoms with Gasteiger partial charge in [-0.15, -0.1) is 0 Å². The third kappa shape index (κ3) is 5.42. The van der Waals surface area contributed by atoms with E-state index < -0.39 is 9.84 Å². The Kier molecular flexibility index (Phi) is 6.94. The van der Waals surface area contributed by atoms with Crippen LogP contribution in [0.5, 0.6) is 0 Å². The lowest BCUT2D eigenvalue weighted by molar-refractivity contribution is 0.102. The second-order valence-corrected chi connectivity index (χ2v) is 11.2. The first-order chi connectivity index (χ1) is 16.2. The molecule has 1 aromatic heterocycles. The number of nitrogens with zero attached hydrogens (tertiary/aromatic N) is 3. The molecule has 0 aliphatic carbocycles. The summed E-state index contributed by atoms with van der Waals surface area (Å²) in [5, 5.41) is 12.8. The summed E-state index contributed by atoms with van der Waals surface area (Å²) < 4.78 is 23.7. The van der Waals surface area contributed by atoms with Gasteiger partial charge in [0, 0.05) is 23.4 Å². The van der Waals surface area contributed by atoms with Gasteiger partial charge in [-0.3, -0.25) is 19.7 Å². The Balaban J connectivity index is 1.52. The lowest BCUT2D eigenvalue weighted by Gasteiger charge is -2.42. The largest absolute Gasteiger partial charge is 0.321 e. The summed E-state index contributed by atoms with van der Waals surface area (Å²) in [5.41, 5.74) is 2.63. The van der Waals surface area contributed by atoms with Crippen molar-refractivity contribution in [1.82, 2.24) is 15.2 Å². The first-order valence-corrected chi connectivity index (χ1v) is 13.5. The Morgan fingerprint density at radius 1 is 1.15 bits per heavy atom. The van der Waals surface area contributed by atoms with E-state index in [2.05, 4.69) is 15.5 Å². The standard InChI is InChI=1S/C23H25N5O4S2/c1-3-19-15-27(18-8-10-20(11-9-18)34(2,31)32)28(23(30)33-19)14-16-4-6-17(7-5-16)25-22(29)21-12-13-24-26-21/h4-13,19H,3,14-15H2,1-2H3,(H,24,26)(H,25,29). The molecule has 11 heteroatoms. The third-order valence-corrected chi connectivity index (χ3v) is 7.81. The van der Waals surface area contributed by atoms with Crippen molar-refractivity contribution in [1.29, 1.82) is 0 Å². The van der Waals surface area contributed by atoms with E-state index in [0.717, 1.165) is 17.7 Å². The fourth-order valence-corrected chi connectivity index (χ4v) is 5.13. The summed E-state index contributed by atoms with van der Waals surface area (Å²) in [4.78, 5) is 25.4. The summed E-state index contributed by atoms with van der Waals surface area (Å²) in [6, 6.07) is 15.5. The van der Waals surface area contributed by atoms with Gasteiger partial charge in [-0.2, -0.15) is 5.10 Å². The molecule has 1 atom stereocenters. The summed E-state index contributed by atoms with van der Waals surface area (Å²) in [7, 11) is -3.30. The highest BCUT2D eigenvalue weighted by Gasteiger charge is 2.32. The molecule has 0 radical (unpaired) electrons. The van der Waals surface area contributed by atoms with Crippen molar-refractivity contribution in [2.75, 3.05) is 23.1 Å². The van der Waals surface area contributed by atoms with E-state index in [0.29, 0.717) is 24.5 Å². The minimum atomic E-state index is -3.30. The number of aromatic nitrogens is 2. The molecule has 3 aromatic rings. The van der Waals surface area contributed by atoms with E-state index in [4.69, 9.17) is 0 Å². The maximum absolute atomic E-state index is 13.0. The van der Waals surface area contributed by atoms with Crippen molar-refractivity contribution >= 4 is 44.1 Å². The van der Waals surface area contributed by atoms with Crippen LogP contribution < -0.4 is 10.3 Å². The molecule has 0 bridgehead atoms. The van der Waals surface area contributed by atoms with Crippen LogP contribution in [0.2, 0.25) is 0 Å². The molecule has 2 amide bonds. The number of anilines is 2. The van der Waals surface area contributed by atoms with Gasteiger partial charge >= 0.3 is 5.24 Å². The first kappa shape index (κ1) is 23.8. The molecular formula is C23H25N5O4S2. The van der Waals surface area contributed by atoms with Crippen LogP contribution in [0.15, 0.2) is 65.7 Å². The zero-order chi connectivity index (χ0) is 24.3. The minimum Gasteiger partial charge on any atom is -0.321 e. The number of rotatable bonds is 7. The molecule has 1 fully saturated rings. The average Bonchev–Trinajstić information content (AvgIpc) is 3.36. The normalized spacial score (nSPS) is 16.5. The van der Waals surface area contributed by atoms with Gasteiger partial charge in [0.1, 0.15) is 5.69 Å². The predicted octanol–water partition coefficient (Wildman–Crippen LogP) is 3.93. The highest BCUT2D eigenvalue weighted by atomic mass is 32.2. The van der Waals surface area contributed by atoms with Crippen LogP contribution in [0.4, 0.5) is 16.2 Å². The van der Waals surface area contributed by atoms with E-state index in [1.165, 1.54) is 24.2 Å². The number of amides is 2. The molecule has 0 spiro atoms. The van der Waals surface area contributed by atoms with Crippen molar-refractivity contribution in [3.8, 4) is 0 Å². The maximum atomic E-state index is 13.0. The number of thioether (sulfide) groups is 1. The van der Waals surface area contributed by atoms with Crippen molar-refractivity contribution in [2.24, 2.45) is 0 Å². The van der Waals surface area contributed by atoms with Crippen LogP contribution in [-0.4, -0.2) is 52.8 Å². The predicted molar refractivity (Wildman–Crippen MR) is 132 cm³/mol. The molecule has 0 saturated carbocycles. The lowest BCUT2D eigenvalue weighted by atomic mass is 10.2. The summed E-state index contributed by atoms with van der Waals surface area (Å²) in [6.07, 6.45) is 3.52. The van der Waals surface area contributed by atoms with E-state index in [1.54, 1.807) is 47.5 Å². The van der Waals surface area contributed by atoms with Gasteiger partial charge in [-0.05, 0) is 54.4 Å². The van der Waals surface area contributed by atoms with Gasteiger partial charge in [0.15, 0.2) is 9.84 Å². The summed E-state index contributed by atoms with van der Waals surface area (Å²) in [5.74, 6) is -0.290. The second-order valence-electron chi connectivity index (χ2n) is 7.94. The van der Waals surface area contributed by atoms with Crippen molar-refractivity contribution in [3.63, 3.8) is 0 Å². The Morgan fingerprint density at radius 2 is 1.85 bits per heavy atom. The first-order valence-electron chi connectivity index (χ1n) is 10.7. The van der Waals surface area contributed by atoms with Crippen LogP contribution in [0.3, 0.4) is 0 Å². The molecule has 1 aliphatic rings. The topological polar surface area (TPSA) is 115 Å². The molecule has 1 unspecified atom stereocenters. The van der Waals surface area contributed by atoms with Gasteiger partial charge in [0.2, 0.25) is 0 Å². The number of aromatic amines is 1. The zero-order valence-electron chi connectivity index (χ0n) is 18.8. The number of H-pyrrole nitrogens is 1. The molecular weight excluding hydrogens is 474 g/mol. The smallest absolute Gasteiger partial charge is 0.300 e. The number of hydrogen-bond acceptors (Lipinski definition) is 7. The van der Waals surface area contributed by atoms with E-state index in [1.807, 2.05) is 24.1 Å². The fraction of sp³-hybridized carbons (Fsp3) is 0.261. The number of hydrazine groups is 1. The number of carbonyl (C=O) groups excluding carboxylic acids is 2. The molecule has 178 valence electrons. The molecule has 1 aliphatic heterocycles. The lowest BCUT2D eigenvalue weighted by Crippen LogP contribution is -2.52. The summed E-state index contributed by atoms with van der Waals surface area (Å²) >= 11 is 1.31. The van der Waals surface area contributed by atoms with E-state index >= 15 is 0 Å². The number of nitrogens with one attached hydrogen (secondary N) is 2. The van der Waals surface area contributed by atoms with Crippen LogP contribution in [-0.2, 0) is 16.4 Å². The molecule has 1 saturated heterocycles. The van der Waals surface area contributed by atoms with Gasteiger partial charge in [0.05, 0.1) is 23.7 Å². The Labute approximate surface area is 202 Å². The van der Waals surface area contributed by atoms with Crippen molar-refractivity contribution < 1.29 is 18.0 Å². The Morgan fingerprint density at radius 3 is 2.44 bits per heavy atom. The minimum absolute atomic E-state index is 0.0677. The van der Waals surface area contributed by atoms with Gasteiger partial charge in [-0.1, -0.05) is 30.8 Å². The Hall–Kier alpha value is -3.31. The summed E-state index contributed by atoms with van der Waals surface area (Å²) in [6.45, 7) is 3.01. The highest BCUT2D eigenvalue weighted by molar-refractivity contribution is 8.14. The molecule has 4 rings (SSSR count). The number of carbonyl (C=O) groups is 2. The third-order valence-electron chi connectivity index (χ3n) is 5.45. The quantitative estimate of drug-likeness (QED) is 0.506. The zero-order valence-corrected chi connectivity index (χ0v) is 20.4. The molecule has 2 N–H and O–H groups in total. The van der Waals surface area contributed by atoms with Crippen LogP contribution in [0.25, 0.3) is 0 Å². The Bertz CT molecular complexity index is 1260. The SMILES string of the molecule is CCC1CN(c2ccc(S(C)(=O)=O)cc2)N(Cc2ccc(NC(=O)c3ccn[nH]3)cc2)C(=O)S1. The second kappa shape index (κ2) is 9.90. The molecule has 34 heavy (non-hydrogen) atoms. The molecule has 9 nitrogen and oxygen atoms in total. The van der Waals surface area contributed by atoms with Gasteiger partial charge in [0.25, 0.3) is 5.91 Å². The van der Waals surface area contributed by atoms with Crippen molar-refractivity contribution in [2.45, 2.75) is 30.0 Å². The number of benzene rings is 2. The van der Waals surface area contributed by atoms with E-state index in [-0.39, 0.29) is 21.3 Å². The van der Waals surface area contributed by atoms with Crippen LogP contribution >= 0.6 is 11.8 Å². The van der Waals surface area contributed by atoms with Crippen LogP contribution in [0, 0.1) is 0 Å². The maximum Gasteiger partial charge on any atom is 0.300 e. The highest BCUT2D eigenvalue weighted by Crippen LogP contribution is 2.32. The molecule has 2 heterocycles. The van der Waals surface area contributed by atoms with Crippen LogP contribution in [0.1, 0.15) is 29.4 Å². The average molecular weight is 500 g/mol. The van der Waals surface area contributed by atoms with Gasteiger partial charge in [-0.25, -0.2) is 13.4 Å². The monoisotopic (exact) mass is 499 g/mol. The van der Waals surface area contributed by atoms with Gasteiger partial charge < -0.3 is 5.32 Å². The number of sulfone groups is 1. The molecule has 2 aromatic carbocycles. The number of hydrogen-bond donors (Lipinski definition) is 2. The van der Waals surface area contributed by atoms with E-state index in [9.17, 15) is 18.0 Å². The fourth-order valence-electron chi connectivity index (χ4n) is 3.55.